The van der Waals surface area contributed by atoms with Gasteiger partial charge in [0.15, 0.2) is 0 Å². The average molecular weight is 329 g/mol. The maximum absolute atomic E-state index is 10.7. The fraction of sp³-hybridized carbons (Fsp3) is 0.824. The first-order chi connectivity index (χ1) is 9.13. The summed E-state index contributed by atoms with van der Waals surface area (Å²) in [6.45, 7) is 8.73. The van der Waals surface area contributed by atoms with Gasteiger partial charge in [-0.05, 0) is 60.3 Å². The zero-order chi connectivity index (χ0) is 14.5. The van der Waals surface area contributed by atoms with Gasteiger partial charge in [0.05, 0.1) is 0 Å². The van der Waals surface area contributed by atoms with Crippen LogP contribution < -0.4 is 0 Å². The normalized spacial score (nSPS) is 37.2. The van der Waals surface area contributed by atoms with Crippen molar-refractivity contribution in [2.75, 3.05) is 0 Å². The molecule has 3 unspecified atom stereocenters. The summed E-state index contributed by atoms with van der Waals surface area (Å²) in [5.41, 5.74) is 2.06. The molecule has 4 atom stereocenters. The van der Waals surface area contributed by atoms with Crippen LogP contribution in [0.25, 0.3) is 0 Å². The number of halogens is 1. The highest BCUT2D eigenvalue weighted by Crippen LogP contribution is 2.59. The van der Waals surface area contributed by atoms with Gasteiger partial charge < -0.3 is 4.79 Å². The van der Waals surface area contributed by atoms with E-state index in [1.165, 1.54) is 32.1 Å². The smallest absolute Gasteiger partial charge is 0.120 e. The Bertz CT molecular complexity index is 323. The molecule has 2 saturated carbocycles. The molecular weight excluding hydrogens is 300 g/mol. The van der Waals surface area contributed by atoms with Gasteiger partial charge in [0.2, 0.25) is 0 Å². The van der Waals surface area contributed by atoms with Crippen LogP contribution in [0.3, 0.4) is 0 Å². The van der Waals surface area contributed by atoms with Gasteiger partial charge in [-0.15, -0.1) is 0 Å². The number of rotatable bonds is 3. The molecule has 2 heteroatoms. The number of allylic oxidation sites excluding steroid dienone is 1. The van der Waals surface area contributed by atoms with Gasteiger partial charge in [0, 0.05) is 6.42 Å². The molecule has 2 aliphatic rings. The van der Waals surface area contributed by atoms with E-state index in [1.54, 1.807) is 5.57 Å². The summed E-state index contributed by atoms with van der Waals surface area (Å²) in [7, 11) is 0. The second-order valence-electron chi connectivity index (χ2n) is 6.16. The molecule has 2 aliphatic carbocycles. The van der Waals surface area contributed by atoms with Gasteiger partial charge in [-0.1, -0.05) is 49.2 Å². The minimum absolute atomic E-state index is 0.445. The highest BCUT2D eigenvalue weighted by Gasteiger charge is 2.50. The molecule has 0 radical (unpaired) electrons. The molecule has 0 saturated heterocycles. The number of carbonyl (C=O) groups excluding carboxylic acids is 1. The van der Waals surface area contributed by atoms with Gasteiger partial charge >= 0.3 is 0 Å². The summed E-state index contributed by atoms with van der Waals surface area (Å²) in [5, 5.41) is 0. The fourth-order valence-electron chi connectivity index (χ4n) is 4.46. The van der Waals surface area contributed by atoms with Crippen molar-refractivity contribution in [2.45, 2.75) is 66.2 Å². The maximum atomic E-state index is 10.7. The number of hydrogen-bond acceptors (Lipinski definition) is 1. The Balaban J connectivity index is 0.000000861. The van der Waals surface area contributed by atoms with Gasteiger partial charge in [0.25, 0.3) is 0 Å². The summed E-state index contributed by atoms with van der Waals surface area (Å²) >= 11 is 3.54. The molecule has 19 heavy (non-hydrogen) atoms. The third kappa shape index (κ3) is 3.32. The molecular formula is C17H29BrO. The molecule has 2 rings (SSSR count). The molecule has 0 amide bonds. The number of carbonyl (C=O) groups is 1. The second-order valence-corrected chi connectivity index (χ2v) is 6.62. The lowest BCUT2D eigenvalue weighted by Gasteiger charge is -2.44. The molecule has 2 fully saturated rings. The highest BCUT2D eigenvalue weighted by atomic mass is 79.9. The van der Waals surface area contributed by atoms with E-state index in [0.29, 0.717) is 11.3 Å². The highest BCUT2D eigenvalue weighted by molar-refractivity contribution is 9.11. The predicted octanol–water partition coefficient (Wildman–Crippen LogP) is 5.73. The number of fused-ring (bicyclic) bond motifs is 1. The first kappa shape index (κ1) is 16.9. The van der Waals surface area contributed by atoms with Gasteiger partial charge in [0.1, 0.15) is 6.29 Å². The van der Waals surface area contributed by atoms with Crippen molar-refractivity contribution < 1.29 is 4.79 Å². The molecule has 0 aromatic carbocycles. The summed E-state index contributed by atoms with van der Waals surface area (Å²) in [6.07, 6.45) is 8.39. The first-order valence-corrected chi connectivity index (χ1v) is 8.78. The molecule has 0 bridgehead atoms. The molecule has 0 spiro atoms. The van der Waals surface area contributed by atoms with E-state index in [9.17, 15) is 4.79 Å². The van der Waals surface area contributed by atoms with E-state index in [0.717, 1.165) is 24.5 Å². The molecule has 110 valence electrons. The third-order valence-corrected chi connectivity index (χ3v) is 5.92. The van der Waals surface area contributed by atoms with E-state index in [-0.39, 0.29) is 0 Å². The van der Waals surface area contributed by atoms with E-state index < -0.39 is 0 Å². The van der Waals surface area contributed by atoms with Crippen LogP contribution in [0.5, 0.6) is 0 Å². The maximum Gasteiger partial charge on any atom is 0.120 e. The van der Waals surface area contributed by atoms with Crippen LogP contribution in [-0.2, 0) is 4.79 Å². The van der Waals surface area contributed by atoms with E-state index in [4.69, 9.17) is 0 Å². The summed E-state index contributed by atoms with van der Waals surface area (Å²) in [4.78, 5) is 12.9. The van der Waals surface area contributed by atoms with E-state index in [1.807, 2.05) is 13.8 Å². The lowest BCUT2D eigenvalue weighted by molar-refractivity contribution is -0.109. The Hall–Kier alpha value is -0.110. The molecule has 0 aromatic rings. The number of aldehydes is 1. The van der Waals surface area contributed by atoms with Crippen molar-refractivity contribution in [2.24, 2.45) is 23.2 Å². The minimum atomic E-state index is 0.445. The van der Waals surface area contributed by atoms with E-state index >= 15 is 0 Å². The minimum Gasteiger partial charge on any atom is -0.303 e. The van der Waals surface area contributed by atoms with Gasteiger partial charge in [-0.2, -0.15) is 0 Å². The van der Waals surface area contributed by atoms with Crippen LogP contribution in [0.1, 0.15) is 66.2 Å². The SMILES string of the molecule is CC.C[C@H](CC=O)C1CCC2/C(=C/Br)CCCC21C. The largest absolute Gasteiger partial charge is 0.303 e. The van der Waals surface area contributed by atoms with Crippen molar-refractivity contribution in [3.8, 4) is 0 Å². The second kappa shape index (κ2) is 7.61. The predicted molar refractivity (Wildman–Crippen MR) is 86.4 cm³/mol. The van der Waals surface area contributed by atoms with Crippen molar-refractivity contribution in [3.05, 3.63) is 10.6 Å². The summed E-state index contributed by atoms with van der Waals surface area (Å²) < 4.78 is 0. The topological polar surface area (TPSA) is 17.1 Å². The quantitative estimate of drug-likeness (QED) is 0.604. The van der Waals surface area contributed by atoms with Gasteiger partial charge in [-0.3, -0.25) is 0 Å². The van der Waals surface area contributed by atoms with Crippen LogP contribution in [0.2, 0.25) is 0 Å². The lowest BCUT2D eigenvalue weighted by Crippen LogP contribution is -2.36. The lowest BCUT2D eigenvalue weighted by atomic mass is 9.61. The molecule has 1 nitrogen and oxygen atoms in total. The van der Waals surface area contributed by atoms with Crippen molar-refractivity contribution >= 4 is 22.2 Å². The molecule has 0 aliphatic heterocycles. The summed E-state index contributed by atoms with van der Waals surface area (Å²) in [5.74, 6) is 2.05. The van der Waals surface area contributed by atoms with Crippen LogP contribution in [-0.4, -0.2) is 6.29 Å². The van der Waals surface area contributed by atoms with Crippen LogP contribution in [0.15, 0.2) is 10.6 Å². The Morgan fingerprint density at radius 1 is 1.42 bits per heavy atom. The zero-order valence-corrected chi connectivity index (χ0v) is 14.5. The standard InChI is InChI=1S/C15H23BrO.C2H6/c1-11(7-9-17)13-5-6-14-12(10-16)4-3-8-15(13,14)2;1-2/h9-11,13-14H,3-8H2,1-2H3;1-2H3/b12-10+;/t11-,13?,14?,15?;/m1./s1. The Kier molecular flexibility index (Phi) is 6.79. The summed E-state index contributed by atoms with van der Waals surface area (Å²) in [6, 6.07) is 0. The third-order valence-electron chi connectivity index (χ3n) is 5.33. The van der Waals surface area contributed by atoms with Crippen LogP contribution >= 0.6 is 15.9 Å². The van der Waals surface area contributed by atoms with Crippen molar-refractivity contribution in [1.82, 2.24) is 0 Å². The average Bonchev–Trinajstić information content (AvgIpc) is 2.78. The van der Waals surface area contributed by atoms with Crippen molar-refractivity contribution in [1.29, 1.82) is 0 Å². The monoisotopic (exact) mass is 328 g/mol. The van der Waals surface area contributed by atoms with Crippen LogP contribution in [0.4, 0.5) is 0 Å². The van der Waals surface area contributed by atoms with E-state index in [2.05, 4.69) is 34.8 Å². The van der Waals surface area contributed by atoms with Crippen molar-refractivity contribution in [3.63, 3.8) is 0 Å². The first-order valence-electron chi connectivity index (χ1n) is 7.86. The number of hydrogen-bond donors (Lipinski definition) is 0. The van der Waals surface area contributed by atoms with Crippen LogP contribution in [0, 0.1) is 23.2 Å². The molecule has 0 aromatic heterocycles. The fourth-order valence-corrected chi connectivity index (χ4v) is 5.01. The molecule has 0 N–H and O–H groups in total. The Morgan fingerprint density at radius 2 is 2.11 bits per heavy atom. The Labute approximate surface area is 127 Å². The zero-order valence-electron chi connectivity index (χ0n) is 12.9. The molecule has 0 heterocycles. The van der Waals surface area contributed by atoms with Gasteiger partial charge in [-0.25, -0.2) is 0 Å². The Morgan fingerprint density at radius 3 is 2.68 bits per heavy atom.